The minimum atomic E-state index is -3.56. The number of hydrogen-bond acceptors (Lipinski definition) is 1. The Bertz CT molecular complexity index is 2190. The molecule has 1 unspecified atom stereocenters. The molecule has 0 N–H and O–H groups in total. The quantitative estimate of drug-likeness (QED) is 0.139. The molecule has 0 bridgehead atoms. The number of fused-ring (bicyclic) bond motifs is 4. The van der Waals surface area contributed by atoms with Crippen molar-refractivity contribution in [2.75, 3.05) is 4.90 Å². The Morgan fingerprint density at radius 3 is 1.54 bits per heavy atom. The van der Waals surface area contributed by atoms with Crippen LogP contribution >= 0.6 is 7.92 Å². The van der Waals surface area contributed by atoms with E-state index in [1.807, 2.05) is 0 Å². The molecule has 0 amide bonds. The molecular weight excluding hydrogens is 658 g/mol. The SMILES string of the molecule is CC1(C)c2ccccc2N(c2ccc3[c](c2)[Ge]([c]2ccccc2)([c]2ccccc2)[c]2ccccc2P3c2ccccc2)c2ccccc21. The van der Waals surface area contributed by atoms with Crippen molar-refractivity contribution in [3.8, 4) is 0 Å². The van der Waals surface area contributed by atoms with Gasteiger partial charge in [-0.05, 0) is 0 Å². The van der Waals surface area contributed by atoms with Gasteiger partial charge in [0.05, 0.1) is 0 Å². The van der Waals surface area contributed by atoms with Crippen molar-refractivity contribution < 1.29 is 0 Å². The number of para-hydroxylation sites is 2. The van der Waals surface area contributed by atoms with Crippen LogP contribution in [0.25, 0.3) is 0 Å². The van der Waals surface area contributed by atoms with Gasteiger partial charge in [-0.3, -0.25) is 0 Å². The third-order valence-corrected chi connectivity index (χ3v) is 24.1. The third kappa shape index (κ3) is 4.28. The van der Waals surface area contributed by atoms with E-state index >= 15 is 0 Å². The van der Waals surface area contributed by atoms with Crippen LogP contribution in [-0.4, -0.2) is 13.3 Å². The van der Waals surface area contributed by atoms with E-state index in [2.05, 4.69) is 201 Å². The summed E-state index contributed by atoms with van der Waals surface area (Å²) in [4.78, 5) is 2.53. The second-order valence-electron chi connectivity index (χ2n) is 13.4. The van der Waals surface area contributed by atoms with Gasteiger partial charge in [0, 0.05) is 0 Å². The predicted octanol–water partition coefficient (Wildman–Crippen LogP) is 7.24. The van der Waals surface area contributed by atoms with Crippen molar-refractivity contribution in [3.63, 3.8) is 0 Å². The normalized spacial score (nSPS) is 16.6. The first-order valence-electron chi connectivity index (χ1n) is 16.8. The second-order valence-corrected chi connectivity index (χ2v) is 23.3. The Balaban J connectivity index is 1.41. The second kappa shape index (κ2) is 11.5. The number of hydrogen-bond donors (Lipinski definition) is 0. The predicted molar refractivity (Wildman–Crippen MR) is 209 cm³/mol. The number of anilines is 3. The third-order valence-electron chi connectivity index (χ3n) is 10.5. The van der Waals surface area contributed by atoms with Crippen molar-refractivity contribution >= 4 is 71.7 Å². The number of nitrogens with zero attached hydrogens (tertiary/aromatic N) is 1. The Kier molecular flexibility index (Phi) is 7.04. The fraction of sp³-hybridized carbons (Fsp3) is 0.0667. The Hall–Kier alpha value is -4.69. The monoisotopic (exact) mass is 695 g/mol. The van der Waals surface area contributed by atoms with E-state index < -0.39 is 21.2 Å². The van der Waals surface area contributed by atoms with Gasteiger partial charge in [0.2, 0.25) is 0 Å². The molecule has 7 aromatic rings. The van der Waals surface area contributed by atoms with Crippen LogP contribution in [0, 0.1) is 0 Å². The maximum atomic E-state index is 2.61. The van der Waals surface area contributed by atoms with Gasteiger partial charge >= 0.3 is 289 Å². The molecule has 7 aromatic carbocycles. The van der Waals surface area contributed by atoms with E-state index in [1.54, 1.807) is 8.79 Å². The topological polar surface area (TPSA) is 3.24 Å². The molecule has 230 valence electrons. The van der Waals surface area contributed by atoms with Crippen LogP contribution < -0.4 is 38.4 Å². The van der Waals surface area contributed by atoms with E-state index in [0.29, 0.717) is 0 Å². The summed E-state index contributed by atoms with van der Waals surface area (Å²) in [5, 5.41) is 4.40. The summed E-state index contributed by atoms with van der Waals surface area (Å²) in [6.07, 6.45) is 0. The van der Waals surface area contributed by atoms with E-state index in [4.69, 9.17) is 0 Å². The molecule has 1 nitrogen and oxygen atoms in total. The zero-order valence-corrected chi connectivity index (χ0v) is 30.2. The van der Waals surface area contributed by atoms with Crippen molar-refractivity contribution in [2.24, 2.45) is 0 Å². The molecule has 0 aromatic heterocycles. The minimum absolute atomic E-state index is 0.103. The number of benzene rings is 7. The molecule has 0 radical (unpaired) electrons. The molecule has 1 atom stereocenters. The van der Waals surface area contributed by atoms with Crippen molar-refractivity contribution in [1.82, 2.24) is 0 Å². The molecule has 0 saturated heterocycles. The zero-order chi connectivity index (χ0) is 32.3. The van der Waals surface area contributed by atoms with Gasteiger partial charge in [0.1, 0.15) is 0 Å². The maximum absolute atomic E-state index is 3.56. The van der Waals surface area contributed by atoms with Crippen LogP contribution in [0.4, 0.5) is 17.1 Å². The average molecular weight is 694 g/mol. The summed E-state index contributed by atoms with van der Waals surface area (Å²) in [6, 6.07) is 69.1. The molecule has 9 rings (SSSR count). The standard InChI is InChI=1S/C45H36GeNP/c1-45(2)37-24-12-15-27-41(37)47(42-28-16-13-25-38(42)45)35-30-31-44-40(32-35)46(33-18-6-3-7-19-33,34-20-8-4-9-21-34)39-26-14-17-29-43(39)48(44)36-22-10-5-11-23-36/h3-32H,1-2H3. The van der Waals surface area contributed by atoms with E-state index in [9.17, 15) is 0 Å². The molecule has 0 spiro atoms. The van der Waals surface area contributed by atoms with E-state index in [0.717, 1.165) is 0 Å². The van der Waals surface area contributed by atoms with Crippen LogP contribution in [-0.2, 0) is 5.41 Å². The summed E-state index contributed by atoms with van der Waals surface area (Å²) < 4.78 is 6.03. The molecule has 0 saturated carbocycles. The van der Waals surface area contributed by atoms with Crippen LogP contribution in [0.5, 0.6) is 0 Å². The van der Waals surface area contributed by atoms with Gasteiger partial charge in [-0.1, -0.05) is 0 Å². The van der Waals surface area contributed by atoms with Gasteiger partial charge in [-0.25, -0.2) is 0 Å². The van der Waals surface area contributed by atoms with Crippen molar-refractivity contribution in [3.05, 3.63) is 193 Å². The first kappa shape index (κ1) is 29.5. The van der Waals surface area contributed by atoms with Gasteiger partial charge in [0.15, 0.2) is 0 Å². The summed E-state index contributed by atoms with van der Waals surface area (Å²) >= 11 is -3.56. The molecule has 0 aliphatic carbocycles. The van der Waals surface area contributed by atoms with Crippen molar-refractivity contribution in [2.45, 2.75) is 19.3 Å². The van der Waals surface area contributed by atoms with Gasteiger partial charge in [-0.15, -0.1) is 0 Å². The fourth-order valence-electron chi connectivity index (χ4n) is 8.39. The summed E-state index contributed by atoms with van der Waals surface area (Å²) in [5.41, 5.74) is 6.37. The average Bonchev–Trinajstić information content (AvgIpc) is 3.15. The molecule has 2 heterocycles. The number of rotatable bonds is 4. The molecular formula is C45H36GeNP. The van der Waals surface area contributed by atoms with Crippen molar-refractivity contribution in [1.29, 1.82) is 0 Å². The Morgan fingerprint density at radius 2 is 0.938 bits per heavy atom. The first-order chi connectivity index (χ1) is 23.6. The van der Waals surface area contributed by atoms with Crippen LogP contribution in [0.1, 0.15) is 25.0 Å². The molecule has 2 aliphatic heterocycles. The molecule has 3 heteroatoms. The Morgan fingerprint density at radius 1 is 0.458 bits per heavy atom. The van der Waals surface area contributed by atoms with Gasteiger partial charge in [-0.2, -0.15) is 0 Å². The van der Waals surface area contributed by atoms with Gasteiger partial charge in [0.25, 0.3) is 0 Å². The van der Waals surface area contributed by atoms with Crippen LogP contribution in [0.2, 0.25) is 0 Å². The zero-order valence-electron chi connectivity index (χ0n) is 27.2. The van der Waals surface area contributed by atoms with Gasteiger partial charge < -0.3 is 0 Å². The molecule has 2 aliphatic rings. The summed E-state index contributed by atoms with van der Waals surface area (Å²) in [6.45, 7) is 4.73. The van der Waals surface area contributed by atoms with E-state index in [-0.39, 0.29) is 5.41 Å². The molecule has 48 heavy (non-hydrogen) atoms. The van der Waals surface area contributed by atoms with Crippen LogP contribution in [0.15, 0.2) is 182 Å². The fourth-order valence-corrected chi connectivity index (χ4v) is 24.2. The van der Waals surface area contributed by atoms with Crippen LogP contribution in [0.3, 0.4) is 0 Å². The Labute approximate surface area is 287 Å². The van der Waals surface area contributed by atoms with E-state index in [1.165, 1.54) is 52.9 Å². The summed E-state index contributed by atoms with van der Waals surface area (Å²) in [5.74, 6) is 0. The first-order valence-corrected chi connectivity index (χ1v) is 22.3. The summed E-state index contributed by atoms with van der Waals surface area (Å²) in [7, 11) is -0.760. The molecule has 0 fully saturated rings.